The van der Waals surface area contributed by atoms with E-state index < -0.39 is 0 Å². The van der Waals surface area contributed by atoms with Gasteiger partial charge in [-0.05, 0) is 75.0 Å². The van der Waals surface area contributed by atoms with E-state index in [1.165, 1.54) is 24.8 Å². The molecule has 182 valence electrons. The van der Waals surface area contributed by atoms with E-state index in [4.69, 9.17) is 0 Å². The number of nitrogens with zero attached hydrogens (tertiary/aromatic N) is 4. The molecule has 2 N–H and O–H groups in total. The van der Waals surface area contributed by atoms with E-state index in [0.717, 1.165) is 74.1 Å². The zero-order valence-electron chi connectivity index (χ0n) is 20.5. The van der Waals surface area contributed by atoms with Gasteiger partial charge in [0, 0.05) is 49.0 Å². The molecule has 1 aromatic carbocycles. The van der Waals surface area contributed by atoms with Gasteiger partial charge in [-0.15, -0.1) is 5.92 Å². The van der Waals surface area contributed by atoms with Crippen molar-refractivity contribution >= 4 is 16.8 Å². The number of aromatic amines is 1. The van der Waals surface area contributed by atoms with Crippen LogP contribution in [0.5, 0.6) is 0 Å². The molecular weight excluding hydrogens is 436 g/mol. The van der Waals surface area contributed by atoms with E-state index in [0.29, 0.717) is 5.69 Å². The third-order valence-electron chi connectivity index (χ3n) is 7.16. The highest BCUT2D eigenvalue weighted by molar-refractivity contribution is 6.05. The summed E-state index contributed by atoms with van der Waals surface area (Å²) in [5, 5.41) is 11.4. The molecule has 3 aromatic rings. The fourth-order valence-electron chi connectivity index (χ4n) is 5.15. The van der Waals surface area contributed by atoms with Gasteiger partial charge in [0.2, 0.25) is 0 Å². The van der Waals surface area contributed by atoms with Crippen molar-refractivity contribution in [3.8, 4) is 23.0 Å². The number of hydrogen-bond donors (Lipinski definition) is 2. The van der Waals surface area contributed by atoms with E-state index in [1.54, 1.807) is 0 Å². The smallest absolute Gasteiger partial charge is 0.272 e. The van der Waals surface area contributed by atoms with Crippen LogP contribution in [0.25, 0.3) is 22.0 Å². The Labute approximate surface area is 207 Å². The summed E-state index contributed by atoms with van der Waals surface area (Å²) >= 11 is 0. The molecule has 0 bridgehead atoms. The molecular formula is C28H34N6O. The SMILES string of the molecule is CC#CCN1CCC(NC(=O)c2n[nH]c3ccc(-c4cncc(CN5CCCCC5)c4)cc23)CC1. The molecule has 0 aliphatic carbocycles. The van der Waals surface area contributed by atoms with E-state index >= 15 is 0 Å². The van der Waals surface area contributed by atoms with Crippen molar-refractivity contribution in [3.63, 3.8) is 0 Å². The molecule has 2 saturated heterocycles. The maximum absolute atomic E-state index is 13.1. The first-order chi connectivity index (χ1) is 17.2. The number of hydrogen-bond acceptors (Lipinski definition) is 5. The fraction of sp³-hybridized carbons (Fsp3) is 0.464. The first kappa shape index (κ1) is 23.5. The topological polar surface area (TPSA) is 77.1 Å². The highest BCUT2D eigenvalue weighted by Gasteiger charge is 2.23. The van der Waals surface area contributed by atoms with Gasteiger partial charge in [-0.2, -0.15) is 5.10 Å². The van der Waals surface area contributed by atoms with Crippen molar-refractivity contribution in [1.82, 2.24) is 30.3 Å². The van der Waals surface area contributed by atoms with Crippen LogP contribution in [0.1, 0.15) is 55.1 Å². The predicted molar refractivity (Wildman–Crippen MR) is 139 cm³/mol. The molecule has 7 nitrogen and oxygen atoms in total. The van der Waals surface area contributed by atoms with E-state index in [2.05, 4.69) is 60.3 Å². The zero-order chi connectivity index (χ0) is 24.0. The first-order valence-corrected chi connectivity index (χ1v) is 12.8. The third kappa shape index (κ3) is 5.72. The zero-order valence-corrected chi connectivity index (χ0v) is 20.5. The lowest BCUT2D eigenvalue weighted by molar-refractivity contribution is 0.0911. The Morgan fingerprint density at radius 3 is 2.69 bits per heavy atom. The van der Waals surface area contributed by atoms with Crippen molar-refractivity contribution < 1.29 is 4.79 Å². The summed E-state index contributed by atoms with van der Waals surface area (Å²) in [6.07, 6.45) is 9.62. The molecule has 0 unspecified atom stereocenters. The molecule has 1 amide bonds. The molecule has 0 saturated carbocycles. The van der Waals surface area contributed by atoms with Gasteiger partial charge in [0.25, 0.3) is 5.91 Å². The first-order valence-electron chi connectivity index (χ1n) is 12.8. The summed E-state index contributed by atoms with van der Waals surface area (Å²) in [7, 11) is 0. The quantitative estimate of drug-likeness (QED) is 0.536. The molecule has 5 rings (SSSR count). The number of pyridine rings is 1. The van der Waals surface area contributed by atoms with Crippen LogP contribution >= 0.6 is 0 Å². The largest absolute Gasteiger partial charge is 0.348 e. The molecule has 7 heteroatoms. The minimum Gasteiger partial charge on any atom is -0.348 e. The summed E-state index contributed by atoms with van der Waals surface area (Å²) in [5.74, 6) is 5.96. The Bertz CT molecular complexity index is 1220. The number of carbonyl (C=O) groups excluding carboxylic acids is 1. The molecule has 2 aromatic heterocycles. The minimum absolute atomic E-state index is 0.114. The lowest BCUT2D eigenvalue weighted by Crippen LogP contribution is -2.44. The normalized spacial score (nSPS) is 17.7. The average Bonchev–Trinajstić information content (AvgIpc) is 3.33. The van der Waals surface area contributed by atoms with Crippen molar-refractivity contribution in [2.75, 3.05) is 32.7 Å². The minimum atomic E-state index is -0.114. The third-order valence-corrected chi connectivity index (χ3v) is 7.16. The number of aromatic nitrogens is 3. The Hall–Kier alpha value is -3.21. The Kier molecular flexibility index (Phi) is 7.41. The van der Waals surface area contributed by atoms with Gasteiger partial charge in [0.15, 0.2) is 5.69 Å². The van der Waals surface area contributed by atoms with Crippen molar-refractivity contribution in [2.24, 2.45) is 0 Å². The number of piperidine rings is 2. The Balaban J connectivity index is 1.29. The van der Waals surface area contributed by atoms with Crippen LogP contribution in [0.15, 0.2) is 36.7 Å². The van der Waals surface area contributed by atoms with Gasteiger partial charge < -0.3 is 5.32 Å². The second-order valence-electron chi connectivity index (χ2n) is 9.70. The van der Waals surface area contributed by atoms with Gasteiger partial charge in [-0.3, -0.25) is 24.7 Å². The predicted octanol–water partition coefficient (Wildman–Crippen LogP) is 3.83. The molecule has 35 heavy (non-hydrogen) atoms. The number of amides is 1. The fourth-order valence-corrected chi connectivity index (χ4v) is 5.15. The van der Waals surface area contributed by atoms with E-state index in [1.807, 2.05) is 25.4 Å². The van der Waals surface area contributed by atoms with E-state index in [-0.39, 0.29) is 11.9 Å². The van der Waals surface area contributed by atoms with Crippen molar-refractivity contribution in [3.05, 3.63) is 47.9 Å². The van der Waals surface area contributed by atoms with Crippen molar-refractivity contribution in [2.45, 2.75) is 51.6 Å². The van der Waals surface area contributed by atoms with Crippen LogP contribution in [0.2, 0.25) is 0 Å². The lowest BCUT2D eigenvalue weighted by Gasteiger charge is -2.30. The number of carbonyl (C=O) groups is 1. The summed E-state index contributed by atoms with van der Waals surface area (Å²) in [4.78, 5) is 22.5. The van der Waals surface area contributed by atoms with Gasteiger partial charge >= 0.3 is 0 Å². The lowest BCUT2D eigenvalue weighted by atomic mass is 10.0. The number of nitrogens with one attached hydrogen (secondary N) is 2. The highest BCUT2D eigenvalue weighted by atomic mass is 16.2. The van der Waals surface area contributed by atoms with Crippen LogP contribution in [0.4, 0.5) is 0 Å². The maximum Gasteiger partial charge on any atom is 0.272 e. The standard InChI is InChI=1S/C28H34N6O/c1-2-3-11-33-14-9-24(10-15-33)30-28(35)27-25-17-22(7-8-26(25)31-32-27)23-16-21(18-29-19-23)20-34-12-5-4-6-13-34/h7-8,16-19,24H,4-6,9-15,20H2,1H3,(H,30,35)(H,31,32). The van der Waals surface area contributed by atoms with E-state index in [9.17, 15) is 4.79 Å². The second-order valence-corrected chi connectivity index (χ2v) is 9.70. The molecule has 0 atom stereocenters. The van der Waals surface area contributed by atoms with Crippen LogP contribution < -0.4 is 5.32 Å². The number of rotatable bonds is 6. The van der Waals surface area contributed by atoms with Crippen molar-refractivity contribution in [1.29, 1.82) is 0 Å². The van der Waals surface area contributed by atoms with Gasteiger partial charge in [0.05, 0.1) is 12.1 Å². The summed E-state index contributed by atoms with van der Waals surface area (Å²) in [6.45, 7) is 7.84. The number of fused-ring (bicyclic) bond motifs is 1. The van der Waals surface area contributed by atoms with Crippen LogP contribution in [0.3, 0.4) is 0 Å². The molecule has 2 aliphatic heterocycles. The average molecular weight is 471 g/mol. The van der Waals surface area contributed by atoms with Gasteiger partial charge in [-0.1, -0.05) is 18.4 Å². The van der Waals surface area contributed by atoms with Crippen LogP contribution in [-0.2, 0) is 6.54 Å². The second kappa shape index (κ2) is 11.0. The number of benzene rings is 1. The highest BCUT2D eigenvalue weighted by Crippen LogP contribution is 2.26. The summed E-state index contributed by atoms with van der Waals surface area (Å²) in [6, 6.07) is 8.51. The number of likely N-dealkylation sites (tertiary alicyclic amines) is 2. The Morgan fingerprint density at radius 2 is 1.89 bits per heavy atom. The summed E-state index contributed by atoms with van der Waals surface area (Å²) < 4.78 is 0. The monoisotopic (exact) mass is 470 g/mol. The Morgan fingerprint density at radius 1 is 1.06 bits per heavy atom. The maximum atomic E-state index is 13.1. The number of H-pyrrole nitrogens is 1. The molecule has 4 heterocycles. The van der Waals surface area contributed by atoms with Crippen LogP contribution in [-0.4, -0.2) is 69.7 Å². The summed E-state index contributed by atoms with van der Waals surface area (Å²) in [5.41, 5.74) is 4.66. The van der Waals surface area contributed by atoms with Crippen LogP contribution in [0, 0.1) is 11.8 Å². The molecule has 0 spiro atoms. The molecule has 0 radical (unpaired) electrons. The molecule has 2 aliphatic rings. The van der Waals surface area contributed by atoms with Gasteiger partial charge in [0.1, 0.15) is 0 Å². The molecule has 2 fully saturated rings. The van der Waals surface area contributed by atoms with Gasteiger partial charge in [-0.25, -0.2) is 0 Å².